The number of aromatic hydroxyl groups is 1. The highest BCUT2D eigenvalue weighted by Crippen LogP contribution is 2.34. The third-order valence-electron chi connectivity index (χ3n) is 3.21. The van der Waals surface area contributed by atoms with Crippen LogP contribution < -0.4 is 15.0 Å². The minimum Gasteiger partial charge on any atom is -0.493 e. The van der Waals surface area contributed by atoms with Gasteiger partial charge in [-0.05, 0) is 52.8 Å². The highest BCUT2D eigenvalue weighted by molar-refractivity contribution is 14.1. The Morgan fingerprint density at radius 2 is 2.15 bits per heavy atom. The van der Waals surface area contributed by atoms with Crippen LogP contribution in [0.2, 0.25) is 0 Å². The summed E-state index contributed by atoms with van der Waals surface area (Å²) in [5.41, 5.74) is -1.29. The van der Waals surface area contributed by atoms with Gasteiger partial charge in [-0.1, -0.05) is 13.0 Å². The lowest BCUT2D eigenvalue weighted by molar-refractivity contribution is -0.387. The number of benzene rings is 1. The molecule has 0 spiro atoms. The number of aromatic amines is 1. The lowest BCUT2D eigenvalue weighted by Crippen LogP contribution is -2.14. The van der Waals surface area contributed by atoms with Gasteiger partial charge in [-0.25, -0.2) is 0 Å². The summed E-state index contributed by atoms with van der Waals surface area (Å²) >= 11 is 2.12. The fourth-order valence-corrected chi connectivity index (χ4v) is 2.85. The van der Waals surface area contributed by atoms with Crippen LogP contribution in [0.1, 0.15) is 24.7 Å². The molecule has 0 aliphatic rings. The average molecular weight is 473 g/mol. The van der Waals surface area contributed by atoms with E-state index in [4.69, 9.17) is 9.47 Å². The molecule has 2 rings (SSSR count). The van der Waals surface area contributed by atoms with Crippen molar-refractivity contribution in [1.29, 1.82) is 0 Å². The summed E-state index contributed by atoms with van der Waals surface area (Å²) in [4.78, 5) is 27.2. The summed E-state index contributed by atoms with van der Waals surface area (Å²) in [5.74, 6) is 0.247. The largest absolute Gasteiger partial charge is 0.493 e. The number of nitrogens with zero attached hydrogens (tertiary/aromatic N) is 2. The maximum absolute atomic E-state index is 11.6. The van der Waals surface area contributed by atoms with Crippen molar-refractivity contribution < 1.29 is 19.5 Å². The molecule has 10 heteroatoms. The van der Waals surface area contributed by atoms with Gasteiger partial charge in [-0.3, -0.25) is 14.9 Å². The molecule has 9 nitrogen and oxygen atoms in total. The number of rotatable bonds is 7. The molecule has 0 saturated heterocycles. The van der Waals surface area contributed by atoms with E-state index < -0.39 is 22.0 Å². The first-order chi connectivity index (χ1) is 12.4. The molecule has 0 atom stereocenters. The molecule has 1 aromatic heterocycles. The lowest BCUT2D eigenvalue weighted by Gasteiger charge is -2.13. The maximum atomic E-state index is 11.6. The molecular formula is C16H16IN3O6. The van der Waals surface area contributed by atoms with E-state index in [1.54, 1.807) is 12.1 Å². The van der Waals surface area contributed by atoms with Crippen molar-refractivity contribution in [1.82, 2.24) is 9.97 Å². The van der Waals surface area contributed by atoms with E-state index in [9.17, 15) is 20.0 Å². The topological polar surface area (TPSA) is 128 Å². The van der Waals surface area contributed by atoms with Crippen LogP contribution in [-0.2, 0) is 0 Å². The smallest absolute Gasteiger partial charge is 0.395 e. The molecule has 0 bridgehead atoms. The van der Waals surface area contributed by atoms with Crippen molar-refractivity contribution in [3.05, 3.63) is 47.6 Å². The summed E-state index contributed by atoms with van der Waals surface area (Å²) in [6.07, 6.45) is 3.91. The second kappa shape index (κ2) is 8.65. The molecule has 26 heavy (non-hydrogen) atoms. The fraction of sp³-hybridized carbons (Fsp3) is 0.250. The van der Waals surface area contributed by atoms with Crippen molar-refractivity contribution in [2.24, 2.45) is 0 Å². The zero-order valence-corrected chi connectivity index (χ0v) is 16.1. The summed E-state index contributed by atoms with van der Waals surface area (Å²) in [6, 6.07) is 3.58. The Labute approximate surface area is 162 Å². The predicted octanol–water partition coefficient (Wildman–Crippen LogP) is 2.96. The van der Waals surface area contributed by atoms with Crippen LogP contribution >= 0.6 is 22.6 Å². The number of ether oxygens (including phenoxy) is 2. The van der Waals surface area contributed by atoms with Gasteiger partial charge in [0.15, 0.2) is 11.5 Å². The van der Waals surface area contributed by atoms with E-state index in [0.29, 0.717) is 18.1 Å². The van der Waals surface area contributed by atoms with Crippen LogP contribution in [0.4, 0.5) is 5.69 Å². The number of nitrogens with one attached hydrogen (secondary N) is 1. The van der Waals surface area contributed by atoms with E-state index >= 15 is 0 Å². The molecule has 0 saturated carbocycles. The van der Waals surface area contributed by atoms with E-state index in [-0.39, 0.29) is 5.82 Å². The van der Waals surface area contributed by atoms with E-state index in [2.05, 4.69) is 32.6 Å². The van der Waals surface area contributed by atoms with E-state index in [1.165, 1.54) is 13.2 Å². The number of nitro groups is 1. The Morgan fingerprint density at radius 1 is 1.42 bits per heavy atom. The highest BCUT2D eigenvalue weighted by atomic mass is 127. The van der Waals surface area contributed by atoms with Gasteiger partial charge in [0.25, 0.3) is 5.88 Å². The van der Waals surface area contributed by atoms with E-state index in [1.807, 2.05) is 13.0 Å². The molecule has 138 valence electrons. The zero-order valence-electron chi connectivity index (χ0n) is 14.0. The molecule has 0 radical (unpaired) electrons. The SMILES string of the molecule is CCCOc1c(I)cc(/C=C/c2nc(O)c([N+](=O)[O-])c(=O)[nH]2)cc1OC. The number of aromatic nitrogens is 2. The minimum absolute atomic E-state index is 0.0154. The quantitative estimate of drug-likeness (QED) is 0.360. The van der Waals surface area contributed by atoms with E-state index in [0.717, 1.165) is 15.6 Å². The predicted molar refractivity (Wildman–Crippen MR) is 104 cm³/mol. The molecule has 0 aliphatic carbocycles. The van der Waals surface area contributed by atoms with Crippen LogP contribution in [0.5, 0.6) is 17.4 Å². The molecule has 0 amide bonds. The number of halogens is 1. The van der Waals surface area contributed by atoms with Crippen molar-refractivity contribution in [2.75, 3.05) is 13.7 Å². The highest BCUT2D eigenvalue weighted by Gasteiger charge is 2.21. The fourth-order valence-electron chi connectivity index (χ4n) is 2.07. The van der Waals surface area contributed by atoms with Crippen LogP contribution in [0.3, 0.4) is 0 Å². The average Bonchev–Trinajstić information content (AvgIpc) is 2.57. The number of H-pyrrole nitrogens is 1. The van der Waals surface area contributed by atoms with Crippen LogP contribution in [0, 0.1) is 13.7 Å². The van der Waals surface area contributed by atoms with Crippen LogP contribution in [0.15, 0.2) is 16.9 Å². The van der Waals surface area contributed by atoms with Gasteiger partial charge in [0.05, 0.1) is 22.2 Å². The molecule has 0 unspecified atom stereocenters. The van der Waals surface area contributed by atoms with Gasteiger partial charge in [0.2, 0.25) is 0 Å². The van der Waals surface area contributed by atoms with Gasteiger partial charge in [0, 0.05) is 0 Å². The Bertz CT molecular complexity index is 910. The second-order valence-electron chi connectivity index (χ2n) is 5.10. The summed E-state index contributed by atoms with van der Waals surface area (Å²) < 4.78 is 11.9. The molecule has 0 fully saturated rings. The van der Waals surface area contributed by atoms with Crippen molar-refractivity contribution in [3.8, 4) is 17.4 Å². The standard InChI is InChI=1S/C16H16IN3O6/c1-3-6-26-14-10(17)7-9(8-11(14)25-2)4-5-12-18-15(21)13(20(23)24)16(22)19-12/h4-5,7-8H,3,6H2,1-2H3,(H2,18,19,21,22)/b5-4+. The Balaban J connectivity index is 2.35. The molecule has 1 heterocycles. The third kappa shape index (κ3) is 4.50. The molecular weight excluding hydrogens is 457 g/mol. The Morgan fingerprint density at radius 3 is 2.73 bits per heavy atom. The van der Waals surface area contributed by atoms with Crippen LogP contribution in [-0.4, -0.2) is 33.7 Å². The minimum atomic E-state index is -1.03. The van der Waals surface area contributed by atoms with Gasteiger partial charge >= 0.3 is 11.2 Å². The number of methoxy groups -OCH3 is 1. The van der Waals surface area contributed by atoms with Gasteiger partial charge < -0.3 is 19.6 Å². The number of hydrogen-bond donors (Lipinski definition) is 2. The normalized spacial score (nSPS) is 10.9. The lowest BCUT2D eigenvalue weighted by atomic mass is 10.2. The maximum Gasteiger partial charge on any atom is 0.395 e. The van der Waals surface area contributed by atoms with Gasteiger partial charge in [-0.15, -0.1) is 0 Å². The second-order valence-corrected chi connectivity index (χ2v) is 6.26. The van der Waals surface area contributed by atoms with Gasteiger partial charge in [0.1, 0.15) is 5.82 Å². The molecule has 1 aromatic carbocycles. The molecule has 0 aliphatic heterocycles. The number of hydrogen-bond acceptors (Lipinski definition) is 7. The molecule has 2 aromatic rings. The first-order valence-electron chi connectivity index (χ1n) is 7.53. The Hall–Kier alpha value is -2.63. The summed E-state index contributed by atoms with van der Waals surface area (Å²) in [7, 11) is 1.53. The zero-order chi connectivity index (χ0) is 19.3. The van der Waals surface area contributed by atoms with Crippen molar-refractivity contribution >= 4 is 40.4 Å². The first-order valence-corrected chi connectivity index (χ1v) is 8.61. The Kier molecular flexibility index (Phi) is 6.55. The monoisotopic (exact) mass is 473 g/mol. The van der Waals surface area contributed by atoms with Crippen LogP contribution in [0.25, 0.3) is 12.2 Å². The summed E-state index contributed by atoms with van der Waals surface area (Å²) in [6.45, 7) is 2.57. The molecule has 2 N–H and O–H groups in total. The summed E-state index contributed by atoms with van der Waals surface area (Å²) in [5, 5.41) is 20.2. The van der Waals surface area contributed by atoms with Gasteiger partial charge in [-0.2, -0.15) is 4.98 Å². The van der Waals surface area contributed by atoms with Crippen molar-refractivity contribution in [3.63, 3.8) is 0 Å². The first kappa shape index (κ1) is 19.7. The third-order valence-corrected chi connectivity index (χ3v) is 4.01. The van der Waals surface area contributed by atoms with Crippen molar-refractivity contribution in [2.45, 2.75) is 13.3 Å².